The number of nitrogens with two attached hydrogens (primary N) is 1. The third kappa shape index (κ3) is 3.51. The quantitative estimate of drug-likeness (QED) is 0.776. The number of hydrogen-bond acceptors (Lipinski definition) is 4. The van der Waals surface area contributed by atoms with Gasteiger partial charge in [0.25, 0.3) is 0 Å². The van der Waals surface area contributed by atoms with Crippen molar-refractivity contribution < 1.29 is 8.78 Å². The van der Waals surface area contributed by atoms with Crippen LogP contribution in [-0.4, -0.2) is 22.4 Å². The average Bonchev–Trinajstić information content (AvgIpc) is 2.07. The molecule has 14 heavy (non-hydrogen) atoms. The lowest BCUT2D eigenvalue weighted by Gasteiger charge is -2.12. The molecule has 3 N–H and O–H groups in total. The summed E-state index contributed by atoms with van der Waals surface area (Å²) in [6, 6.07) is -0.362. The molecule has 0 amide bonds. The van der Waals surface area contributed by atoms with Gasteiger partial charge in [0.1, 0.15) is 0 Å². The van der Waals surface area contributed by atoms with E-state index in [2.05, 4.69) is 15.3 Å². The number of nitrogen functional groups attached to an aromatic ring is 1. The van der Waals surface area contributed by atoms with E-state index in [9.17, 15) is 8.78 Å². The van der Waals surface area contributed by atoms with Crippen LogP contribution in [0.25, 0.3) is 0 Å². The SMILES string of the molecule is CC(CC(F)F)Nc1ncc(N)cn1. The first-order chi connectivity index (χ1) is 6.58. The van der Waals surface area contributed by atoms with Crippen molar-refractivity contribution in [3.63, 3.8) is 0 Å². The molecule has 0 aliphatic carbocycles. The molecule has 0 spiro atoms. The number of nitrogens with one attached hydrogen (secondary N) is 1. The third-order valence-electron chi connectivity index (χ3n) is 1.58. The summed E-state index contributed by atoms with van der Waals surface area (Å²) in [5.74, 6) is 0.312. The van der Waals surface area contributed by atoms with Gasteiger partial charge in [-0.1, -0.05) is 0 Å². The van der Waals surface area contributed by atoms with Crippen LogP contribution in [0.3, 0.4) is 0 Å². The molecular formula is C8H12F2N4. The van der Waals surface area contributed by atoms with Crippen LogP contribution in [0.2, 0.25) is 0 Å². The molecule has 0 aliphatic rings. The molecule has 1 aromatic heterocycles. The van der Waals surface area contributed by atoms with Gasteiger partial charge in [-0.2, -0.15) is 0 Å². The van der Waals surface area contributed by atoms with Crippen molar-refractivity contribution in [2.45, 2.75) is 25.8 Å². The molecule has 0 saturated carbocycles. The number of hydrogen-bond donors (Lipinski definition) is 2. The van der Waals surface area contributed by atoms with Crippen molar-refractivity contribution in [3.05, 3.63) is 12.4 Å². The summed E-state index contributed by atoms with van der Waals surface area (Å²) in [6.07, 6.45) is 0.286. The Morgan fingerprint density at radius 1 is 1.43 bits per heavy atom. The molecule has 0 aromatic carbocycles. The molecule has 1 atom stereocenters. The highest BCUT2D eigenvalue weighted by Crippen LogP contribution is 2.08. The number of alkyl halides is 2. The Kier molecular flexibility index (Phi) is 3.55. The number of aromatic nitrogens is 2. The van der Waals surface area contributed by atoms with E-state index in [4.69, 9.17) is 5.73 Å². The van der Waals surface area contributed by atoms with Crippen LogP contribution in [0.5, 0.6) is 0 Å². The van der Waals surface area contributed by atoms with E-state index in [1.54, 1.807) is 6.92 Å². The van der Waals surface area contributed by atoms with Gasteiger partial charge in [-0.3, -0.25) is 0 Å². The van der Waals surface area contributed by atoms with Gasteiger partial charge in [0.05, 0.1) is 18.1 Å². The summed E-state index contributed by atoms with van der Waals surface area (Å²) in [5.41, 5.74) is 5.81. The molecule has 0 fully saturated rings. The summed E-state index contributed by atoms with van der Waals surface area (Å²) in [7, 11) is 0. The second-order valence-electron chi connectivity index (χ2n) is 3.01. The Morgan fingerprint density at radius 2 is 2.00 bits per heavy atom. The highest BCUT2D eigenvalue weighted by molar-refractivity contribution is 5.36. The van der Waals surface area contributed by atoms with Gasteiger partial charge in [0, 0.05) is 12.5 Å². The van der Waals surface area contributed by atoms with Crippen LogP contribution in [0.15, 0.2) is 12.4 Å². The molecule has 0 aliphatic heterocycles. The average molecular weight is 202 g/mol. The van der Waals surface area contributed by atoms with Crippen molar-refractivity contribution in [1.29, 1.82) is 0 Å². The van der Waals surface area contributed by atoms with Crippen molar-refractivity contribution >= 4 is 11.6 Å². The smallest absolute Gasteiger partial charge is 0.240 e. The van der Waals surface area contributed by atoms with Crippen LogP contribution in [0.4, 0.5) is 20.4 Å². The Labute approximate surface area is 80.6 Å². The maximum absolute atomic E-state index is 12.0. The summed E-state index contributed by atoms with van der Waals surface area (Å²) < 4.78 is 23.9. The summed E-state index contributed by atoms with van der Waals surface area (Å²) in [6.45, 7) is 1.64. The molecule has 78 valence electrons. The van der Waals surface area contributed by atoms with Crippen LogP contribution < -0.4 is 11.1 Å². The number of nitrogens with zero attached hydrogens (tertiary/aromatic N) is 2. The van der Waals surface area contributed by atoms with E-state index in [1.165, 1.54) is 12.4 Å². The van der Waals surface area contributed by atoms with Crippen molar-refractivity contribution in [2.24, 2.45) is 0 Å². The molecule has 0 bridgehead atoms. The first kappa shape index (κ1) is 10.6. The minimum absolute atomic E-state index is 0.228. The Hall–Kier alpha value is -1.46. The second-order valence-corrected chi connectivity index (χ2v) is 3.01. The maximum Gasteiger partial charge on any atom is 0.240 e. The van der Waals surface area contributed by atoms with E-state index in [0.717, 1.165) is 0 Å². The normalized spacial score (nSPS) is 12.9. The Bertz CT molecular complexity index is 275. The Balaban J connectivity index is 2.47. The molecule has 4 nitrogen and oxygen atoms in total. The Morgan fingerprint density at radius 3 is 2.50 bits per heavy atom. The predicted octanol–water partition coefficient (Wildman–Crippen LogP) is 1.51. The minimum Gasteiger partial charge on any atom is -0.396 e. The highest BCUT2D eigenvalue weighted by atomic mass is 19.3. The van der Waals surface area contributed by atoms with E-state index < -0.39 is 6.43 Å². The standard InChI is InChI=1S/C8H12F2N4/c1-5(2-7(9)10)14-8-12-3-6(11)4-13-8/h3-5,7H,2,11H2,1H3,(H,12,13,14). The van der Waals surface area contributed by atoms with Gasteiger partial charge in [0.15, 0.2) is 0 Å². The lowest BCUT2D eigenvalue weighted by molar-refractivity contribution is 0.133. The first-order valence-electron chi connectivity index (χ1n) is 4.20. The molecule has 1 heterocycles. The number of rotatable bonds is 4. The van der Waals surface area contributed by atoms with Gasteiger partial charge in [-0.25, -0.2) is 18.7 Å². The highest BCUT2D eigenvalue weighted by Gasteiger charge is 2.10. The number of halogens is 2. The van der Waals surface area contributed by atoms with E-state index >= 15 is 0 Å². The van der Waals surface area contributed by atoms with E-state index in [-0.39, 0.29) is 12.5 Å². The van der Waals surface area contributed by atoms with Crippen LogP contribution >= 0.6 is 0 Å². The van der Waals surface area contributed by atoms with Crippen LogP contribution in [-0.2, 0) is 0 Å². The van der Waals surface area contributed by atoms with E-state index in [0.29, 0.717) is 11.6 Å². The van der Waals surface area contributed by atoms with Crippen molar-refractivity contribution in [2.75, 3.05) is 11.1 Å². The molecular weight excluding hydrogens is 190 g/mol. The largest absolute Gasteiger partial charge is 0.396 e. The molecule has 1 aromatic rings. The number of anilines is 2. The molecule has 6 heteroatoms. The molecule has 1 rings (SSSR count). The zero-order chi connectivity index (χ0) is 10.6. The third-order valence-corrected chi connectivity index (χ3v) is 1.58. The summed E-state index contributed by atoms with van der Waals surface area (Å²) >= 11 is 0. The topological polar surface area (TPSA) is 63.8 Å². The monoisotopic (exact) mass is 202 g/mol. The van der Waals surface area contributed by atoms with Gasteiger partial charge in [-0.15, -0.1) is 0 Å². The lowest BCUT2D eigenvalue weighted by Crippen LogP contribution is -2.19. The van der Waals surface area contributed by atoms with Crippen molar-refractivity contribution in [1.82, 2.24) is 9.97 Å². The minimum atomic E-state index is -2.33. The summed E-state index contributed by atoms with van der Waals surface area (Å²) in [4.78, 5) is 7.67. The van der Waals surface area contributed by atoms with Gasteiger partial charge in [0.2, 0.25) is 12.4 Å². The maximum atomic E-state index is 12.0. The van der Waals surface area contributed by atoms with Crippen molar-refractivity contribution in [3.8, 4) is 0 Å². The molecule has 0 radical (unpaired) electrons. The van der Waals surface area contributed by atoms with Crippen LogP contribution in [0.1, 0.15) is 13.3 Å². The predicted molar refractivity (Wildman–Crippen MR) is 50.2 cm³/mol. The van der Waals surface area contributed by atoms with Gasteiger partial charge in [-0.05, 0) is 6.92 Å². The lowest BCUT2D eigenvalue weighted by atomic mass is 10.2. The van der Waals surface area contributed by atoms with E-state index in [1.807, 2.05) is 0 Å². The van der Waals surface area contributed by atoms with Gasteiger partial charge < -0.3 is 11.1 Å². The zero-order valence-electron chi connectivity index (χ0n) is 7.74. The fraction of sp³-hybridized carbons (Fsp3) is 0.500. The van der Waals surface area contributed by atoms with Crippen LogP contribution in [0, 0.1) is 0 Å². The first-order valence-corrected chi connectivity index (χ1v) is 4.20. The zero-order valence-corrected chi connectivity index (χ0v) is 7.74. The fourth-order valence-electron chi connectivity index (χ4n) is 0.959. The molecule has 0 saturated heterocycles. The fourth-order valence-corrected chi connectivity index (χ4v) is 0.959. The summed E-state index contributed by atoms with van der Waals surface area (Å²) in [5, 5.41) is 2.74. The van der Waals surface area contributed by atoms with Gasteiger partial charge >= 0.3 is 0 Å². The molecule has 1 unspecified atom stereocenters. The second kappa shape index (κ2) is 4.69.